The van der Waals surface area contributed by atoms with Crippen LogP contribution in [0.25, 0.3) is 11.3 Å². The second kappa shape index (κ2) is 8.67. The number of hydrogen-bond donors (Lipinski definition) is 2. The van der Waals surface area contributed by atoms with Gasteiger partial charge in [0.05, 0.1) is 5.69 Å². The van der Waals surface area contributed by atoms with Crippen molar-refractivity contribution in [1.29, 1.82) is 5.26 Å². The van der Waals surface area contributed by atoms with E-state index in [1.165, 1.54) is 0 Å². The average molecular weight is 371 g/mol. The maximum Gasteiger partial charge on any atom is 0.110 e. The Morgan fingerprint density at radius 1 is 1.35 bits per heavy atom. The van der Waals surface area contributed by atoms with E-state index in [9.17, 15) is 5.26 Å². The Labute approximate surface area is 159 Å². The normalized spacial score (nSPS) is 20.3. The van der Waals surface area contributed by atoms with E-state index >= 15 is 0 Å². The van der Waals surface area contributed by atoms with E-state index in [-0.39, 0.29) is 0 Å². The molecule has 1 saturated carbocycles. The molecule has 0 saturated heterocycles. The Kier molecular flexibility index (Phi) is 6.30. The Hall–Kier alpha value is -1.88. The summed E-state index contributed by atoms with van der Waals surface area (Å²) in [5, 5.41) is 17.4. The van der Waals surface area contributed by atoms with Crippen LogP contribution in [0.5, 0.6) is 0 Å². The van der Waals surface area contributed by atoms with Gasteiger partial charge in [-0.1, -0.05) is 6.92 Å². The summed E-state index contributed by atoms with van der Waals surface area (Å²) in [5.41, 5.74) is 4.42. The zero-order valence-corrected chi connectivity index (χ0v) is 16.4. The molecule has 0 spiro atoms. The summed E-state index contributed by atoms with van der Waals surface area (Å²) in [5.74, 6) is 0.376. The molecule has 2 aromatic heterocycles. The third-order valence-electron chi connectivity index (χ3n) is 4.90. The number of nitrogens with one attached hydrogen (secondary N) is 2. The monoisotopic (exact) mass is 370 g/mol. The quantitative estimate of drug-likeness (QED) is 0.756. The first kappa shape index (κ1) is 18.9. The second-order valence-electron chi connectivity index (χ2n) is 6.93. The average Bonchev–Trinajstić information content (AvgIpc) is 3.10. The molecule has 6 nitrogen and oxygen atoms in total. The number of nitriles is 1. The zero-order valence-electron chi connectivity index (χ0n) is 15.6. The summed E-state index contributed by atoms with van der Waals surface area (Å²) in [4.78, 5) is 4.34. The van der Waals surface area contributed by atoms with E-state index in [1.54, 1.807) is 18.3 Å². The highest BCUT2D eigenvalue weighted by Crippen LogP contribution is 2.36. The first-order valence-electron chi connectivity index (χ1n) is 9.15. The zero-order chi connectivity index (χ0) is 18.5. The van der Waals surface area contributed by atoms with Crippen molar-refractivity contribution >= 4 is 12.1 Å². The van der Waals surface area contributed by atoms with Gasteiger partial charge in [0.15, 0.2) is 0 Å². The molecule has 0 amide bonds. The first-order chi connectivity index (χ1) is 12.6. The molecular weight excluding hydrogens is 344 g/mol. The molecule has 1 aliphatic rings. The van der Waals surface area contributed by atoms with E-state index in [1.807, 2.05) is 26.2 Å². The number of aromatic nitrogens is 3. The van der Waals surface area contributed by atoms with Gasteiger partial charge in [-0.15, -0.1) is 0 Å². The Morgan fingerprint density at radius 2 is 2.12 bits per heavy atom. The molecule has 138 valence electrons. The second-order valence-corrected chi connectivity index (χ2v) is 8.08. The molecule has 3 rings (SSSR count). The topological polar surface area (TPSA) is 80.6 Å². The summed E-state index contributed by atoms with van der Waals surface area (Å²) >= 11 is 1.65. The van der Waals surface area contributed by atoms with Gasteiger partial charge in [-0.2, -0.15) is 10.4 Å². The summed E-state index contributed by atoms with van der Waals surface area (Å²) in [6.45, 7) is 2.08. The molecule has 1 fully saturated rings. The van der Waals surface area contributed by atoms with Crippen molar-refractivity contribution < 1.29 is 0 Å². The number of aromatic amines is 1. The van der Waals surface area contributed by atoms with Crippen LogP contribution in [0.2, 0.25) is 0 Å². The van der Waals surface area contributed by atoms with Crippen LogP contribution in [-0.2, 0) is 6.42 Å². The SMILES string of the molecule is CCc1cc(-c2n[nH]c(C3CCC(NSN(C)C)CC3)c2C#N)ccn1. The van der Waals surface area contributed by atoms with Crippen molar-refractivity contribution in [2.75, 3.05) is 14.1 Å². The minimum Gasteiger partial charge on any atom is -0.280 e. The number of nitrogens with zero attached hydrogens (tertiary/aromatic N) is 4. The highest BCUT2D eigenvalue weighted by Gasteiger charge is 2.27. The molecular formula is C19H26N6S. The van der Waals surface area contributed by atoms with Crippen molar-refractivity contribution in [3.8, 4) is 17.3 Å². The maximum atomic E-state index is 9.76. The molecule has 2 heterocycles. The van der Waals surface area contributed by atoms with Crippen LogP contribution in [0.15, 0.2) is 18.3 Å². The predicted molar refractivity (Wildman–Crippen MR) is 105 cm³/mol. The molecule has 0 bridgehead atoms. The Balaban J connectivity index is 1.74. The fourth-order valence-corrected chi connectivity index (χ4v) is 4.07. The van der Waals surface area contributed by atoms with Gasteiger partial charge < -0.3 is 0 Å². The molecule has 1 aliphatic carbocycles. The molecule has 0 aromatic carbocycles. The lowest BCUT2D eigenvalue weighted by molar-refractivity contribution is 0.374. The number of aryl methyl sites for hydroxylation is 1. The van der Waals surface area contributed by atoms with Gasteiger partial charge in [0, 0.05) is 41.5 Å². The van der Waals surface area contributed by atoms with E-state index in [2.05, 4.69) is 37.2 Å². The summed E-state index contributed by atoms with van der Waals surface area (Å²) < 4.78 is 5.58. The van der Waals surface area contributed by atoms with Crippen molar-refractivity contribution in [2.24, 2.45) is 0 Å². The van der Waals surface area contributed by atoms with Gasteiger partial charge in [-0.25, -0.2) is 9.03 Å². The Bertz CT molecular complexity index is 771. The fourth-order valence-electron chi connectivity index (χ4n) is 3.47. The highest BCUT2D eigenvalue weighted by atomic mass is 32.2. The lowest BCUT2D eigenvalue weighted by Gasteiger charge is -2.29. The van der Waals surface area contributed by atoms with Gasteiger partial charge in [0.25, 0.3) is 0 Å². The summed E-state index contributed by atoms with van der Waals surface area (Å²) in [7, 11) is 4.08. The van der Waals surface area contributed by atoms with Gasteiger partial charge in [0.2, 0.25) is 0 Å². The van der Waals surface area contributed by atoms with E-state index in [0.29, 0.717) is 17.5 Å². The first-order valence-corrected chi connectivity index (χ1v) is 9.93. The van der Waals surface area contributed by atoms with E-state index < -0.39 is 0 Å². The molecule has 7 heteroatoms. The molecule has 2 N–H and O–H groups in total. The lowest BCUT2D eigenvalue weighted by Crippen LogP contribution is -2.30. The largest absolute Gasteiger partial charge is 0.280 e. The number of pyridine rings is 1. The number of rotatable bonds is 6. The van der Waals surface area contributed by atoms with Crippen LogP contribution in [-0.4, -0.2) is 39.6 Å². The third kappa shape index (κ3) is 4.26. The van der Waals surface area contributed by atoms with Crippen molar-refractivity contribution in [3.63, 3.8) is 0 Å². The standard InChI is InChI=1S/C19H26N6S/c1-4-15-11-14(9-10-21-15)19-17(12-20)18(22-23-19)13-5-7-16(8-6-13)24-26-25(2)3/h9-11,13,16,24H,4-8H2,1-3H3,(H,22,23). The van der Waals surface area contributed by atoms with Crippen LogP contribution >= 0.6 is 12.1 Å². The summed E-state index contributed by atoms with van der Waals surface area (Å²) in [6, 6.07) is 6.87. The maximum absolute atomic E-state index is 9.76. The van der Waals surface area contributed by atoms with E-state index in [4.69, 9.17) is 0 Å². The third-order valence-corrected chi connectivity index (χ3v) is 5.70. The van der Waals surface area contributed by atoms with Crippen LogP contribution in [0.1, 0.15) is 55.5 Å². The minimum absolute atomic E-state index is 0.376. The molecule has 0 unspecified atom stereocenters. The Morgan fingerprint density at radius 3 is 2.77 bits per heavy atom. The smallest absolute Gasteiger partial charge is 0.110 e. The lowest BCUT2D eigenvalue weighted by atomic mass is 9.83. The van der Waals surface area contributed by atoms with Crippen molar-refractivity contribution in [1.82, 2.24) is 24.2 Å². The van der Waals surface area contributed by atoms with Crippen molar-refractivity contribution in [3.05, 3.63) is 35.3 Å². The van der Waals surface area contributed by atoms with Gasteiger partial charge >= 0.3 is 0 Å². The minimum atomic E-state index is 0.376. The van der Waals surface area contributed by atoms with E-state index in [0.717, 1.165) is 54.7 Å². The number of hydrogen-bond acceptors (Lipinski definition) is 6. The van der Waals surface area contributed by atoms with Crippen LogP contribution in [0.3, 0.4) is 0 Å². The van der Waals surface area contributed by atoms with Crippen molar-refractivity contribution in [2.45, 2.75) is 51.0 Å². The van der Waals surface area contributed by atoms with Crippen LogP contribution in [0, 0.1) is 11.3 Å². The fraction of sp³-hybridized carbons (Fsp3) is 0.526. The molecule has 0 radical (unpaired) electrons. The molecule has 0 aliphatic heterocycles. The number of H-pyrrole nitrogens is 1. The van der Waals surface area contributed by atoms with Gasteiger partial charge in [-0.05, 0) is 58.3 Å². The van der Waals surface area contributed by atoms with Gasteiger partial charge in [0.1, 0.15) is 17.3 Å². The molecule has 26 heavy (non-hydrogen) atoms. The highest BCUT2D eigenvalue weighted by molar-refractivity contribution is 7.95. The molecule has 2 aromatic rings. The molecule has 0 atom stereocenters. The van der Waals surface area contributed by atoms with Crippen LogP contribution in [0.4, 0.5) is 0 Å². The summed E-state index contributed by atoms with van der Waals surface area (Å²) in [6.07, 6.45) is 7.02. The van der Waals surface area contributed by atoms with Crippen LogP contribution < -0.4 is 4.72 Å². The predicted octanol–water partition coefficient (Wildman–Crippen LogP) is 3.65. The van der Waals surface area contributed by atoms with Gasteiger partial charge in [-0.3, -0.25) is 10.1 Å².